The zero-order valence-corrected chi connectivity index (χ0v) is 12.7. The first-order valence-corrected chi connectivity index (χ1v) is 7.68. The summed E-state index contributed by atoms with van der Waals surface area (Å²) in [6.45, 7) is 2.49. The normalized spacial score (nSPS) is 17.7. The van der Waals surface area contributed by atoms with Crippen LogP contribution < -0.4 is 4.74 Å². The smallest absolute Gasteiger partial charge is 0.269 e. The number of aryl methyl sites for hydroxylation is 1. The zero-order chi connectivity index (χ0) is 14.6. The van der Waals surface area contributed by atoms with Crippen LogP contribution in [0.1, 0.15) is 37.7 Å². The van der Waals surface area contributed by atoms with Crippen LogP contribution in [-0.4, -0.2) is 17.3 Å². The topological polar surface area (TPSA) is 52.4 Å². The second kappa shape index (κ2) is 6.48. The molecule has 0 atom stereocenters. The van der Waals surface area contributed by atoms with Crippen molar-refractivity contribution in [3.63, 3.8) is 0 Å². The first kappa shape index (κ1) is 15.2. The van der Waals surface area contributed by atoms with Gasteiger partial charge in [-0.05, 0) is 37.1 Å². The van der Waals surface area contributed by atoms with Gasteiger partial charge < -0.3 is 4.74 Å². The van der Waals surface area contributed by atoms with Gasteiger partial charge in [0.2, 0.25) is 0 Å². The van der Waals surface area contributed by atoms with E-state index >= 15 is 0 Å². The fourth-order valence-electron chi connectivity index (χ4n) is 2.79. The Labute approximate surface area is 125 Å². The summed E-state index contributed by atoms with van der Waals surface area (Å²) < 4.78 is 5.93. The first-order chi connectivity index (χ1) is 9.56. The fraction of sp³-hybridized carbons (Fsp3) is 0.600. The lowest BCUT2D eigenvalue weighted by Crippen LogP contribution is -2.33. The minimum Gasteiger partial charge on any atom is -0.493 e. The molecule has 5 heteroatoms. The van der Waals surface area contributed by atoms with E-state index in [1.807, 2.05) is 6.92 Å². The number of non-ortho nitro benzene ring substituents is 1. The number of benzene rings is 1. The van der Waals surface area contributed by atoms with Gasteiger partial charge in [0.1, 0.15) is 5.75 Å². The molecule has 0 unspecified atom stereocenters. The standard InChI is InChI=1S/C15H21NO3S/c1-12-9-13(16(17)18)5-6-14(12)19-10-15(11-20)7-3-2-4-8-15/h5-6,9,20H,2-4,7-8,10-11H2,1H3. The molecule has 110 valence electrons. The molecule has 2 rings (SSSR count). The molecule has 1 saturated carbocycles. The minimum absolute atomic E-state index is 0.108. The van der Waals surface area contributed by atoms with Gasteiger partial charge in [-0.25, -0.2) is 0 Å². The van der Waals surface area contributed by atoms with Gasteiger partial charge >= 0.3 is 0 Å². The molecule has 1 aliphatic carbocycles. The molecule has 1 fully saturated rings. The van der Waals surface area contributed by atoms with Gasteiger partial charge in [-0.1, -0.05) is 19.3 Å². The Balaban J connectivity index is 2.04. The third kappa shape index (κ3) is 3.45. The van der Waals surface area contributed by atoms with Crippen molar-refractivity contribution in [2.24, 2.45) is 5.41 Å². The quantitative estimate of drug-likeness (QED) is 0.504. The molecule has 0 heterocycles. The van der Waals surface area contributed by atoms with E-state index in [4.69, 9.17) is 4.74 Å². The predicted octanol–water partition coefficient (Wildman–Crippen LogP) is 4.16. The summed E-state index contributed by atoms with van der Waals surface area (Å²) in [5.74, 6) is 1.57. The lowest BCUT2D eigenvalue weighted by atomic mass is 9.76. The highest BCUT2D eigenvalue weighted by Crippen LogP contribution is 2.38. The molecule has 0 amide bonds. The zero-order valence-electron chi connectivity index (χ0n) is 11.8. The fourth-order valence-corrected chi connectivity index (χ4v) is 3.20. The molecule has 0 radical (unpaired) electrons. The Morgan fingerprint density at radius 3 is 2.60 bits per heavy atom. The summed E-state index contributed by atoms with van der Waals surface area (Å²) in [4.78, 5) is 10.3. The summed E-state index contributed by atoms with van der Waals surface area (Å²) in [7, 11) is 0. The number of hydrogen-bond acceptors (Lipinski definition) is 4. The van der Waals surface area contributed by atoms with Crippen molar-refractivity contribution in [1.29, 1.82) is 0 Å². The van der Waals surface area contributed by atoms with E-state index in [1.54, 1.807) is 12.1 Å². The van der Waals surface area contributed by atoms with Gasteiger partial charge in [0.15, 0.2) is 0 Å². The van der Waals surface area contributed by atoms with Crippen LogP contribution >= 0.6 is 12.6 Å². The Bertz CT molecular complexity index is 484. The van der Waals surface area contributed by atoms with E-state index in [2.05, 4.69) is 12.6 Å². The SMILES string of the molecule is Cc1cc([N+](=O)[O-])ccc1OCC1(CS)CCCCC1. The molecule has 1 aromatic carbocycles. The van der Waals surface area contributed by atoms with E-state index in [0.717, 1.165) is 29.9 Å². The Kier molecular flexibility index (Phi) is 4.91. The number of nitrogens with zero attached hydrogens (tertiary/aromatic N) is 1. The highest BCUT2D eigenvalue weighted by molar-refractivity contribution is 7.80. The summed E-state index contributed by atoms with van der Waals surface area (Å²) in [5.41, 5.74) is 1.08. The summed E-state index contributed by atoms with van der Waals surface area (Å²) >= 11 is 4.50. The first-order valence-electron chi connectivity index (χ1n) is 7.05. The van der Waals surface area contributed by atoms with Crippen molar-refractivity contribution in [3.8, 4) is 5.75 Å². The van der Waals surface area contributed by atoms with Crippen LogP contribution in [0.25, 0.3) is 0 Å². The second-order valence-corrected chi connectivity index (χ2v) is 6.03. The molecule has 20 heavy (non-hydrogen) atoms. The number of nitro groups is 1. The molecule has 1 aromatic rings. The van der Waals surface area contributed by atoms with Gasteiger partial charge in [0.25, 0.3) is 5.69 Å². The van der Waals surface area contributed by atoms with Crippen LogP contribution in [0.15, 0.2) is 18.2 Å². The van der Waals surface area contributed by atoms with E-state index in [-0.39, 0.29) is 16.0 Å². The molecule has 4 nitrogen and oxygen atoms in total. The Morgan fingerprint density at radius 2 is 2.05 bits per heavy atom. The van der Waals surface area contributed by atoms with E-state index < -0.39 is 0 Å². The van der Waals surface area contributed by atoms with Gasteiger partial charge in [0.05, 0.1) is 11.5 Å². The molecule has 1 aliphatic rings. The summed E-state index contributed by atoms with van der Waals surface area (Å²) in [6, 6.07) is 4.75. The highest BCUT2D eigenvalue weighted by atomic mass is 32.1. The van der Waals surface area contributed by atoms with Crippen molar-refractivity contribution < 1.29 is 9.66 Å². The monoisotopic (exact) mass is 295 g/mol. The van der Waals surface area contributed by atoms with Crippen molar-refractivity contribution in [2.75, 3.05) is 12.4 Å². The summed E-state index contributed by atoms with van der Waals surface area (Å²) in [5, 5.41) is 10.7. The van der Waals surface area contributed by atoms with Gasteiger partial charge in [-0.15, -0.1) is 0 Å². The Morgan fingerprint density at radius 1 is 1.35 bits per heavy atom. The maximum atomic E-state index is 10.7. The number of hydrogen-bond donors (Lipinski definition) is 1. The van der Waals surface area contributed by atoms with Crippen LogP contribution in [-0.2, 0) is 0 Å². The number of thiol groups is 1. The van der Waals surface area contributed by atoms with Crippen LogP contribution in [0.2, 0.25) is 0 Å². The third-order valence-corrected chi connectivity index (χ3v) is 4.82. The maximum absolute atomic E-state index is 10.7. The second-order valence-electron chi connectivity index (χ2n) is 5.71. The molecule has 0 saturated heterocycles. The Hall–Kier alpha value is -1.23. The van der Waals surface area contributed by atoms with Crippen LogP contribution in [0.5, 0.6) is 5.75 Å². The molecule has 0 spiro atoms. The molecule has 0 bridgehead atoms. The van der Waals surface area contributed by atoms with Gasteiger partial charge in [-0.2, -0.15) is 12.6 Å². The highest BCUT2D eigenvalue weighted by Gasteiger charge is 2.31. The minimum atomic E-state index is -0.382. The average Bonchev–Trinajstić information content (AvgIpc) is 2.47. The third-order valence-electron chi connectivity index (χ3n) is 4.15. The largest absolute Gasteiger partial charge is 0.493 e. The molecular weight excluding hydrogens is 274 g/mol. The molecule has 0 aromatic heterocycles. The maximum Gasteiger partial charge on any atom is 0.269 e. The van der Waals surface area contributed by atoms with Crippen molar-refractivity contribution >= 4 is 18.3 Å². The van der Waals surface area contributed by atoms with Crippen LogP contribution in [0.3, 0.4) is 0 Å². The lowest BCUT2D eigenvalue weighted by Gasteiger charge is -2.35. The summed E-state index contributed by atoms with van der Waals surface area (Å²) in [6.07, 6.45) is 6.09. The van der Waals surface area contributed by atoms with Crippen molar-refractivity contribution in [1.82, 2.24) is 0 Å². The van der Waals surface area contributed by atoms with E-state index in [1.165, 1.54) is 25.3 Å². The lowest BCUT2D eigenvalue weighted by molar-refractivity contribution is -0.384. The molecule has 0 aliphatic heterocycles. The number of ether oxygens (including phenoxy) is 1. The van der Waals surface area contributed by atoms with Crippen LogP contribution in [0.4, 0.5) is 5.69 Å². The van der Waals surface area contributed by atoms with Crippen LogP contribution in [0, 0.1) is 22.5 Å². The predicted molar refractivity (Wildman–Crippen MR) is 82.7 cm³/mol. The van der Waals surface area contributed by atoms with Crippen molar-refractivity contribution in [3.05, 3.63) is 33.9 Å². The van der Waals surface area contributed by atoms with Gasteiger partial charge in [0, 0.05) is 17.5 Å². The van der Waals surface area contributed by atoms with Crippen molar-refractivity contribution in [2.45, 2.75) is 39.0 Å². The average molecular weight is 295 g/mol. The molecular formula is C15H21NO3S. The van der Waals surface area contributed by atoms with Gasteiger partial charge in [-0.3, -0.25) is 10.1 Å². The molecule has 0 N–H and O–H groups in total. The number of nitro benzene ring substituents is 1. The number of rotatable bonds is 5. The van der Waals surface area contributed by atoms with E-state index in [9.17, 15) is 10.1 Å². The van der Waals surface area contributed by atoms with E-state index in [0.29, 0.717) is 6.61 Å².